The molecule has 0 atom stereocenters. The predicted molar refractivity (Wildman–Crippen MR) is 92.1 cm³/mol. The van der Waals surface area contributed by atoms with Crippen molar-refractivity contribution in [3.05, 3.63) is 28.3 Å². The van der Waals surface area contributed by atoms with Crippen LogP contribution < -0.4 is 0 Å². The zero-order valence-electron chi connectivity index (χ0n) is 15.0. The molecule has 0 aliphatic heterocycles. The lowest BCUT2D eigenvalue weighted by atomic mass is 9.77. The first kappa shape index (κ1) is 18.0. The summed E-state index contributed by atoms with van der Waals surface area (Å²) in [6, 6.07) is 2.23. The lowest BCUT2D eigenvalue weighted by molar-refractivity contribution is 0.390. The lowest BCUT2D eigenvalue weighted by Gasteiger charge is -2.29. The molecule has 1 rings (SSSR count). The number of unbranched alkanes of at least 4 members (excludes halogenated alkanes) is 2. The molecule has 0 amide bonds. The van der Waals surface area contributed by atoms with E-state index >= 15 is 0 Å². The molecule has 0 saturated carbocycles. The largest absolute Gasteiger partial charge is 0.507 e. The van der Waals surface area contributed by atoms with Gasteiger partial charge in [0.25, 0.3) is 0 Å². The Morgan fingerprint density at radius 3 is 2.24 bits per heavy atom. The van der Waals surface area contributed by atoms with Gasteiger partial charge in [-0.05, 0) is 62.5 Å². The Morgan fingerprint density at radius 1 is 1.10 bits per heavy atom. The summed E-state index contributed by atoms with van der Waals surface area (Å²) in [7, 11) is 4.18. The molecule has 0 heterocycles. The Labute approximate surface area is 131 Å². The van der Waals surface area contributed by atoms with E-state index in [0.717, 1.165) is 24.1 Å². The standard InChI is InChI=1S/C19H33NO/c1-8-9-10-11-19(4,5)17-12-16(13-20(6)7)14(2)15(3)18(17)21/h12,21H,8-11,13H2,1-7H3. The molecular formula is C19H33NO. The van der Waals surface area contributed by atoms with E-state index in [9.17, 15) is 5.11 Å². The molecule has 0 fully saturated rings. The van der Waals surface area contributed by atoms with Crippen molar-refractivity contribution in [3.8, 4) is 5.75 Å². The van der Waals surface area contributed by atoms with Gasteiger partial charge < -0.3 is 10.0 Å². The molecule has 120 valence electrons. The van der Waals surface area contributed by atoms with Gasteiger partial charge in [-0.1, -0.05) is 40.0 Å². The minimum absolute atomic E-state index is 0.0266. The number of hydrogen-bond acceptors (Lipinski definition) is 2. The molecule has 2 heteroatoms. The number of benzene rings is 1. The molecule has 0 radical (unpaired) electrons. The van der Waals surface area contributed by atoms with Crippen LogP contribution in [0.2, 0.25) is 0 Å². The maximum Gasteiger partial charge on any atom is 0.122 e. The zero-order valence-corrected chi connectivity index (χ0v) is 15.0. The summed E-state index contributed by atoms with van der Waals surface area (Å²) < 4.78 is 0. The summed E-state index contributed by atoms with van der Waals surface area (Å²) in [5.74, 6) is 0.497. The highest BCUT2D eigenvalue weighted by Gasteiger charge is 2.26. The van der Waals surface area contributed by atoms with Crippen molar-refractivity contribution >= 4 is 0 Å². The van der Waals surface area contributed by atoms with E-state index in [2.05, 4.69) is 52.8 Å². The Hall–Kier alpha value is -1.02. The fourth-order valence-corrected chi connectivity index (χ4v) is 2.94. The van der Waals surface area contributed by atoms with Crippen molar-refractivity contribution in [2.75, 3.05) is 14.1 Å². The van der Waals surface area contributed by atoms with E-state index in [-0.39, 0.29) is 5.41 Å². The fourth-order valence-electron chi connectivity index (χ4n) is 2.94. The average Bonchev–Trinajstić information content (AvgIpc) is 2.39. The molecule has 0 spiro atoms. The van der Waals surface area contributed by atoms with E-state index in [0.29, 0.717) is 5.75 Å². The molecule has 0 aliphatic rings. The van der Waals surface area contributed by atoms with Crippen LogP contribution in [-0.2, 0) is 12.0 Å². The summed E-state index contributed by atoms with van der Waals surface area (Å²) in [6.45, 7) is 11.8. The fraction of sp³-hybridized carbons (Fsp3) is 0.684. The van der Waals surface area contributed by atoms with Gasteiger partial charge in [0.1, 0.15) is 5.75 Å². The van der Waals surface area contributed by atoms with Gasteiger partial charge in [-0.3, -0.25) is 0 Å². The van der Waals surface area contributed by atoms with Crippen LogP contribution in [0.3, 0.4) is 0 Å². The molecule has 1 aromatic rings. The van der Waals surface area contributed by atoms with E-state index < -0.39 is 0 Å². The monoisotopic (exact) mass is 291 g/mol. The van der Waals surface area contributed by atoms with Crippen molar-refractivity contribution in [1.29, 1.82) is 0 Å². The number of hydrogen-bond donors (Lipinski definition) is 1. The third-order valence-corrected chi connectivity index (χ3v) is 4.59. The van der Waals surface area contributed by atoms with Crippen LogP contribution in [0.25, 0.3) is 0 Å². The summed E-state index contributed by atoms with van der Waals surface area (Å²) in [6.07, 6.45) is 4.84. The van der Waals surface area contributed by atoms with Crippen LogP contribution in [0, 0.1) is 13.8 Å². The number of rotatable bonds is 7. The van der Waals surface area contributed by atoms with E-state index in [4.69, 9.17) is 0 Å². The first-order chi connectivity index (χ1) is 9.70. The van der Waals surface area contributed by atoms with Crippen LogP contribution in [0.1, 0.15) is 68.7 Å². The lowest BCUT2D eigenvalue weighted by Crippen LogP contribution is -2.20. The molecule has 1 aromatic carbocycles. The van der Waals surface area contributed by atoms with E-state index in [1.165, 1.54) is 30.4 Å². The van der Waals surface area contributed by atoms with Gasteiger partial charge >= 0.3 is 0 Å². The quantitative estimate of drug-likeness (QED) is 0.720. The maximum atomic E-state index is 10.6. The van der Waals surface area contributed by atoms with Gasteiger partial charge in [0, 0.05) is 12.1 Å². The zero-order chi connectivity index (χ0) is 16.2. The van der Waals surface area contributed by atoms with E-state index in [1.54, 1.807) is 0 Å². The summed E-state index contributed by atoms with van der Waals surface area (Å²) >= 11 is 0. The second-order valence-corrected chi connectivity index (χ2v) is 7.26. The number of aromatic hydroxyl groups is 1. The summed E-state index contributed by atoms with van der Waals surface area (Å²) in [5.41, 5.74) is 4.72. The molecule has 0 bridgehead atoms. The highest BCUT2D eigenvalue weighted by molar-refractivity contribution is 5.51. The van der Waals surface area contributed by atoms with Gasteiger partial charge in [0.2, 0.25) is 0 Å². The van der Waals surface area contributed by atoms with Crippen LogP contribution in [0.4, 0.5) is 0 Å². The van der Waals surface area contributed by atoms with Crippen LogP contribution >= 0.6 is 0 Å². The maximum absolute atomic E-state index is 10.6. The third-order valence-electron chi connectivity index (χ3n) is 4.59. The normalized spacial score (nSPS) is 12.2. The second kappa shape index (κ2) is 7.31. The van der Waals surface area contributed by atoms with Crippen LogP contribution in [0.5, 0.6) is 5.75 Å². The SMILES string of the molecule is CCCCCC(C)(C)c1cc(CN(C)C)c(C)c(C)c1O. The molecule has 0 unspecified atom stereocenters. The first-order valence-corrected chi connectivity index (χ1v) is 8.18. The second-order valence-electron chi connectivity index (χ2n) is 7.26. The molecule has 0 saturated heterocycles. The van der Waals surface area contributed by atoms with Gasteiger partial charge in [0.15, 0.2) is 0 Å². The van der Waals surface area contributed by atoms with Crippen LogP contribution in [0.15, 0.2) is 6.07 Å². The summed E-state index contributed by atoms with van der Waals surface area (Å²) in [4.78, 5) is 2.19. The van der Waals surface area contributed by atoms with Crippen molar-refractivity contribution in [2.24, 2.45) is 0 Å². The number of phenols is 1. The molecule has 2 nitrogen and oxygen atoms in total. The molecule has 1 N–H and O–H groups in total. The highest BCUT2D eigenvalue weighted by Crippen LogP contribution is 2.39. The van der Waals surface area contributed by atoms with Crippen molar-refractivity contribution < 1.29 is 5.11 Å². The van der Waals surface area contributed by atoms with Crippen molar-refractivity contribution in [3.63, 3.8) is 0 Å². The Bertz CT molecular complexity index is 475. The third kappa shape index (κ3) is 4.47. The molecule has 21 heavy (non-hydrogen) atoms. The smallest absolute Gasteiger partial charge is 0.122 e. The minimum atomic E-state index is 0.0266. The number of nitrogens with zero attached hydrogens (tertiary/aromatic N) is 1. The Morgan fingerprint density at radius 2 is 1.71 bits per heavy atom. The van der Waals surface area contributed by atoms with Gasteiger partial charge in [-0.25, -0.2) is 0 Å². The predicted octanol–water partition coefficient (Wildman–Crippen LogP) is 4.93. The van der Waals surface area contributed by atoms with Gasteiger partial charge in [0.05, 0.1) is 0 Å². The molecule has 0 aliphatic carbocycles. The first-order valence-electron chi connectivity index (χ1n) is 8.18. The number of phenolic OH excluding ortho intramolecular Hbond substituents is 1. The average molecular weight is 291 g/mol. The minimum Gasteiger partial charge on any atom is -0.507 e. The van der Waals surface area contributed by atoms with Crippen molar-refractivity contribution in [1.82, 2.24) is 4.90 Å². The Balaban J connectivity index is 3.19. The highest BCUT2D eigenvalue weighted by atomic mass is 16.3. The van der Waals surface area contributed by atoms with Gasteiger partial charge in [-0.15, -0.1) is 0 Å². The summed E-state index contributed by atoms with van der Waals surface area (Å²) in [5, 5.41) is 10.6. The van der Waals surface area contributed by atoms with Gasteiger partial charge in [-0.2, -0.15) is 0 Å². The van der Waals surface area contributed by atoms with Crippen molar-refractivity contribution in [2.45, 2.75) is 72.3 Å². The van der Waals surface area contributed by atoms with E-state index in [1.807, 2.05) is 6.92 Å². The molecular weight excluding hydrogens is 258 g/mol. The Kier molecular flexibility index (Phi) is 6.27. The van der Waals surface area contributed by atoms with Crippen LogP contribution in [-0.4, -0.2) is 24.1 Å². The topological polar surface area (TPSA) is 23.5 Å². The molecule has 0 aromatic heterocycles.